The molecule has 0 fully saturated rings. The molecule has 96 valence electrons. The zero-order chi connectivity index (χ0) is 13.4. The molecule has 0 aliphatic rings. The average Bonchev–Trinajstić information content (AvgIpc) is 2.14. The molecule has 2 N–H and O–H groups in total. The molecule has 17 heavy (non-hydrogen) atoms. The zero-order valence-electron chi connectivity index (χ0n) is 8.08. The number of rotatable bonds is 1. The Bertz CT molecular complexity index is 383. The molecular weight excluding hydrogens is 255 g/mol. The number of benzene rings is 1. The molecule has 1 aromatic carbocycles. The van der Waals surface area contributed by atoms with Crippen LogP contribution in [-0.2, 0) is 18.9 Å². The zero-order valence-corrected chi connectivity index (χ0v) is 8.08. The summed E-state index contributed by atoms with van der Waals surface area (Å²) in [6.45, 7) is -0.549. The Morgan fingerprint density at radius 1 is 0.882 bits per heavy atom. The van der Waals surface area contributed by atoms with Crippen LogP contribution in [0.15, 0.2) is 12.1 Å². The molecule has 0 unspecified atom stereocenters. The van der Waals surface area contributed by atoms with Crippen LogP contribution >= 0.6 is 0 Å². The van der Waals surface area contributed by atoms with Gasteiger partial charge in [0.15, 0.2) is 0 Å². The second-order valence-corrected chi connectivity index (χ2v) is 3.20. The van der Waals surface area contributed by atoms with Gasteiger partial charge in [-0.05, 0) is 17.7 Å². The topological polar surface area (TPSA) is 26.0 Å². The second kappa shape index (κ2) is 4.17. The molecule has 8 heteroatoms. The van der Waals surface area contributed by atoms with Crippen molar-refractivity contribution in [3.8, 4) is 0 Å². The Balaban J connectivity index is 3.53. The van der Waals surface area contributed by atoms with Crippen LogP contribution in [0, 0.1) is 5.82 Å². The smallest absolute Gasteiger partial charge is 0.326 e. The van der Waals surface area contributed by atoms with Crippen molar-refractivity contribution in [2.24, 2.45) is 5.73 Å². The van der Waals surface area contributed by atoms with Crippen molar-refractivity contribution < 1.29 is 30.7 Å². The minimum Gasteiger partial charge on any atom is -0.326 e. The minimum absolute atomic E-state index is 0.268. The molecule has 0 aliphatic carbocycles. The summed E-state index contributed by atoms with van der Waals surface area (Å²) >= 11 is 0. The Morgan fingerprint density at radius 3 is 1.47 bits per heavy atom. The molecule has 1 rings (SSSR count). The van der Waals surface area contributed by atoms with Gasteiger partial charge in [-0.25, -0.2) is 4.39 Å². The number of alkyl halides is 6. The molecular formula is C9H6F7N. The van der Waals surface area contributed by atoms with E-state index in [0.29, 0.717) is 0 Å². The molecule has 0 bridgehead atoms. The van der Waals surface area contributed by atoms with Gasteiger partial charge >= 0.3 is 12.4 Å². The summed E-state index contributed by atoms with van der Waals surface area (Å²) in [6, 6.07) is 0.537. The van der Waals surface area contributed by atoms with Crippen LogP contribution in [0.2, 0.25) is 0 Å². The monoisotopic (exact) mass is 261 g/mol. The normalized spacial score (nSPS) is 12.9. The van der Waals surface area contributed by atoms with Gasteiger partial charge < -0.3 is 5.73 Å². The fourth-order valence-electron chi connectivity index (χ4n) is 1.21. The van der Waals surface area contributed by atoms with Crippen LogP contribution in [0.25, 0.3) is 0 Å². The third kappa shape index (κ3) is 2.87. The maximum absolute atomic E-state index is 13.1. The van der Waals surface area contributed by atoms with E-state index < -0.39 is 41.4 Å². The van der Waals surface area contributed by atoms with E-state index in [1.165, 1.54) is 0 Å². The van der Waals surface area contributed by atoms with E-state index in [0.717, 1.165) is 0 Å². The predicted octanol–water partition coefficient (Wildman–Crippen LogP) is 3.32. The van der Waals surface area contributed by atoms with Crippen molar-refractivity contribution in [1.82, 2.24) is 0 Å². The van der Waals surface area contributed by atoms with Gasteiger partial charge in [0.05, 0.1) is 11.1 Å². The Hall–Kier alpha value is -1.31. The summed E-state index contributed by atoms with van der Waals surface area (Å²) < 4.78 is 86.8. The van der Waals surface area contributed by atoms with E-state index >= 15 is 0 Å². The molecule has 0 amide bonds. The molecule has 0 saturated carbocycles. The lowest BCUT2D eigenvalue weighted by Gasteiger charge is -2.15. The van der Waals surface area contributed by atoms with Crippen LogP contribution in [0.3, 0.4) is 0 Å². The lowest BCUT2D eigenvalue weighted by Crippen LogP contribution is -2.17. The summed E-state index contributed by atoms with van der Waals surface area (Å²) in [5.41, 5.74) is 0.598. The second-order valence-electron chi connectivity index (χ2n) is 3.20. The number of hydrogen-bond donors (Lipinski definition) is 1. The Morgan fingerprint density at radius 2 is 1.24 bits per heavy atom. The third-order valence-electron chi connectivity index (χ3n) is 1.98. The summed E-state index contributed by atoms with van der Waals surface area (Å²) in [5, 5.41) is 0. The van der Waals surface area contributed by atoms with Crippen LogP contribution in [0.4, 0.5) is 30.7 Å². The van der Waals surface area contributed by atoms with Gasteiger partial charge in [-0.2, -0.15) is 26.3 Å². The van der Waals surface area contributed by atoms with Crippen LogP contribution in [0.1, 0.15) is 16.7 Å². The lowest BCUT2D eigenvalue weighted by atomic mass is 10.0. The van der Waals surface area contributed by atoms with E-state index in [2.05, 4.69) is 0 Å². The summed E-state index contributed by atoms with van der Waals surface area (Å²) in [6.07, 6.45) is -10.4. The van der Waals surface area contributed by atoms with Gasteiger partial charge in [-0.1, -0.05) is 0 Å². The van der Waals surface area contributed by atoms with Gasteiger partial charge in [0.25, 0.3) is 0 Å². The first-order valence-electron chi connectivity index (χ1n) is 4.24. The molecule has 0 aromatic heterocycles. The minimum atomic E-state index is -5.20. The maximum atomic E-state index is 13.1. The summed E-state index contributed by atoms with van der Waals surface area (Å²) in [4.78, 5) is 0. The third-order valence-corrected chi connectivity index (χ3v) is 1.98. The van der Waals surface area contributed by atoms with E-state index in [1.54, 1.807) is 0 Å². The Kier molecular flexibility index (Phi) is 3.37. The molecule has 0 atom stereocenters. The molecule has 0 spiro atoms. The number of halogens is 7. The van der Waals surface area contributed by atoms with E-state index in [4.69, 9.17) is 5.73 Å². The van der Waals surface area contributed by atoms with Crippen molar-refractivity contribution >= 4 is 0 Å². The van der Waals surface area contributed by atoms with Gasteiger partial charge in [-0.15, -0.1) is 0 Å². The highest BCUT2D eigenvalue weighted by atomic mass is 19.4. The molecule has 0 radical (unpaired) electrons. The van der Waals surface area contributed by atoms with Crippen LogP contribution in [0.5, 0.6) is 0 Å². The predicted molar refractivity (Wildman–Crippen MR) is 44.3 cm³/mol. The maximum Gasteiger partial charge on any atom is 0.419 e. The summed E-state index contributed by atoms with van der Waals surface area (Å²) in [7, 11) is 0. The highest BCUT2D eigenvalue weighted by Gasteiger charge is 2.41. The van der Waals surface area contributed by atoms with E-state index in [9.17, 15) is 30.7 Å². The van der Waals surface area contributed by atoms with E-state index in [-0.39, 0.29) is 12.1 Å². The first kappa shape index (κ1) is 13.8. The van der Waals surface area contributed by atoms with Gasteiger partial charge in [0.1, 0.15) is 5.82 Å². The first-order chi connectivity index (χ1) is 7.57. The summed E-state index contributed by atoms with van der Waals surface area (Å²) in [5.74, 6) is -2.33. The van der Waals surface area contributed by atoms with Crippen molar-refractivity contribution in [3.63, 3.8) is 0 Å². The van der Waals surface area contributed by atoms with Crippen molar-refractivity contribution in [2.75, 3.05) is 0 Å². The molecule has 0 aliphatic heterocycles. The standard InChI is InChI=1S/C9H6F7N/c10-7-5(8(11,12)13)1-4(3-17)2-6(7)9(14,15)16/h1-2H,3,17H2. The highest BCUT2D eigenvalue weighted by Crippen LogP contribution is 2.39. The van der Waals surface area contributed by atoms with Crippen molar-refractivity contribution in [1.29, 1.82) is 0 Å². The SMILES string of the molecule is NCc1cc(C(F)(F)F)c(F)c(C(F)(F)F)c1. The molecule has 0 heterocycles. The van der Waals surface area contributed by atoms with Gasteiger partial charge in [0.2, 0.25) is 0 Å². The molecule has 0 saturated heterocycles. The van der Waals surface area contributed by atoms with Crippen molar-refractivity contribution in [2.45, 2.75) is 18.9 Å². The van der Waals surface area contributed by atoms with Crippen LogP contribution < -0.4 is 5.73 Å². The first-order valence-corrected chi connectivity index (χ1v) is 4.24. The Labute approximate surface area is 91.0 Å². The van der Waals surface area contributed by atoms with Gasteiger partial charge in [0, 0.05) is 6.54 Å². The number of hydrogen-bond acceptors (Lipinski definition) is 1. The highest BCUT2D eigenvalue weighted by molar-refractivity contribution is 5.35. The molecule has 1 nitrogen and oxygen atoms in total. The van der Waals surface area contributed by atoms with E-state index in [1.807, 2.05) is 0 Å². The number of nitrogens with two attached hydrogens (primary N) is 1. The molecule has 1 aromatic rings. The lowest BCUT2D eigenvalue weighted by molar-refractivity contribution is -0.147. The largest absolute Gasteiger partial charge is 0.419 e. The van der Waals surface area contributed by atoms with Crippen molar-refractivity contribution in [3.05, 3.63) is 34.6 Å². The van der Waals surface area contributed by atoms with Crippen LogP contribution in [-0.4, -0.2) is 0 Å². The average molecular weight is 261 g/mol. The fraction of sp³-hybridized carbons (Fsp3) is 0.333. The quantitative estimate of drug-likeness (QED) is 0.771. The van der Waals surface area contributed by atoms with Gasteiger partial charge in [-0.3, -0.25) is 0 Å². The fourth-order valence-corrected chi connectivity index (χ4v) is 1.21.